The summed E-state index contributed by atoms with van der Waals surface area (Å²) in [4.78, 5) is 2.65. The molecule has 0 aromatic carbocycles. The van der Waals surface area contributed by atoms with E-state index in [9.17, 15) is 0 Å². The van der Waals surface area contributed by atoms with Gasteiger partial charge >= 0.3 is 0 Å². The summed E-state index contributed by atoms with van der Waals surface area (Å²) in [5, 5.41) is 3.59. The molecule has 0 amide bonds. The largest absolute Gasteiger partial charge is 0.316 e. The summed E-state index contributed by atoms with van der Waals surface area (Å²) in [5.74, 6) is 3.00. The van der Waals surface area contributed by atoms with Gasteiger partial charge < -0.3 is 10.2 Å². The topological polar surface area (TPSA) is 15.3 Å². The molecule has 1 aliphatic heterocycles. The summed E-state index contributed by atoms with van der Waals surface area (Å²) in [5.41, 5.74) is 0. The molecule has 1 heterocycles. The van der Waals surface area contributed by atoms with E-state index in [1.165, 1.54) is 57.7 Å². The fourth-order valence-electron chi connectivity index (χ4n) is 2.44. The third-order valence-electron chi connectivity index (χ3n) is 3.43. The zero-order valence-corrected chi connectivity index (χ0v) is 12.7. The van der Waals surface area contributed by atoms with Gasteiger partial charge in [-0.25, -0.2) is 0 Å². The van der Waals surface area contributed by atoms with Crippen LogP contribution >= 0.6 is 11.8 Å². The van der Waals surface area contributed by atoms with E-state index in [1.807, 2.05) is 11.8 Å². The quantitative estimate of drug-likeness (QED) is 0.640. The minimum Gasteiger partial charge on any atom is -0.316 e. The van der Waals surface area contributed by atoms with Crippen LogP contribution in [0, 0.1) is 11.8 Å². The van der Waals surface area contributed by atoms with Crippen LogP contribution in [-0.4, -0.2) is 49.6 Å². The van der Waals surface area contributed by atoms with E-state index in [1.54, 1.807) is 0 Å². The lowest BCUT2D eigenvalue weighted by Crippen LogP contribution is -2.29. The molecule has 0 aliphatic carbocycles. The van der Waals surface area contributed by atoms with Gasteiger partial charge in [-0.05, 0) is 69.3 Å². The molecule has 1 rings (SSSR count). The molecule has 2 nitrogen and oxygen atoms in total. The maximum Gasteiger partial charge on any atom is 0.00223 e. The number of unbranched alkanes of at least 4 members (excludes halogenated alkanes) is 1. The number of nitrogens with zero attached hydrogens (tertiary/aromatic N) is 1. The van der Waals surface area contributed by atoms with Gasteiger partial charge in [-0.3, -0.25) is 0 Å². The van der Waals surface area contributed by atoms with Crippen LogP contribution in [0.3, 0.4) is 0 Å². The van der Waals surface area contributed by atoms with Gasteiger partial charge in [0.1, 0.15) is 0 Å². The summed E-state index contributed by atoms with van der Waals surface area (Å²) < 4.78 is 0. The highest BCUT2D eigenvalue weighted by molar-refractivity contribution is 7.98. The van der Waals surface area contributed by atoms with E-state index in [2.05, 4.69) is 30.3 Å². The van der Waals surface area contributed by atoms with Crippen molar-refractivity contribution >= 4 is 11.8 Å². The van der Waals surface area contributed by atoms with E-state index < -0.39 is 0 Å². The molecule has 1 atom stereocenters. The number of thioether (sulfide) groups is 1. The van der Waals surface area contributed by atoms with Crippen LogP contribution in [0.25, 0.3) is 0 Å². The maximum absolute atomic E-state index is 3.59. The highest BCUT2D eigenvalue weighted by atomic mass is 32.2. The minimum atomic E-state index is 0.777. The van der Waals surface area contributed by atoms with Crippen molar-refractivity contribution in [2.75, 3.05) is 44.7 Å². The number of likely N-dealkylation sites (tertiary alicyclic amines) is 1. The van der Waals surface area contributed by atoms with E-state index in [4.69, 9.17) is 0 Å². The van der Waals surface area contributed by atoms with E-state index >= 15 is 0 Å². The molecule has 1 aliphatic rings. The first-order valence-electron chi connectivity index (χ1n) is 7.14. The van der Waals surface area contributed by atoms with Gasteiger partial charge in [-0.15, -0.1) is 0 Å². The molecule has 1 saturated heterocycles. The SMILES string of the molecule is CSCCCCN1CCC(CNCC(C)C)C1. The van der Waals surface area contributed by atoms with Crippen molar-refractivity contribution in [3.63, 3.8) is 0 Å². The Morgan fingerprint density at radius 1 is 1.35 bits per heavy atom. The van der Waals surface area contributed by atoms with Gasteiger partial charge in [0.05, 0.1) is 0 Å². The molecule has 0 spiro atoms. The molecular weight excluding hydrogens is 228 g/mol. The van der Waals surface area contributed by atoms with Gasteiger partial charge in [0.2, 0.25) is 0 Å². The summed E-state index contributed by atoms with van der Waals surface area (Å²) >= 11 is 1.97. The van der Waals surface area contributed by atoms with Crippen LogP contribution in [-0.2, 0) is 0 Å². The Morgan fingerprint density at radius 2 is 2.18 bits per heavy atom. The highest BCUT2D eigenvalue weighted by Gasteiger charge is 2.21. The first-order valence-corrected chi connectivity index (χ1v) is 8.53. The summed E-state index contributed by atoms with van der Waals surface area (Å²) in [7, 11) is 0. The van der Waals surface area contributed by atoms with Crippen molar-refractivity contribution in [3.05, 3.63) is 0 Å². The number of hydrogen-bond acceptors (Lipinski definition) is 3. The predicted octanol–water partition coefficient (Wildman–Crippen LogP) is 2.70. The van der Waals surface area contributed by atoms with E-state index in [0.717, 1.165) is 11.8 Å². The van der Waals surface area contributed by atoms with Crippen molar-refractivity contribution < 1.29 is 0 Å². The summed E-state index contributed by atoms with van der Waals surface area (Å²) in [6, 6.07) is 0. The third kappa shape index (κ3) is 7.32. The summed E-state index contributed by atoms with van der Waals surface area (Å²) in [6.07, 6.45) is 6.36. The van der Waals surface area contributed by atoms with Crippen LogP contribution in [0.2, 0.25) is 0 Å². The van der Waals surface area contributed by atoms with Crippen molar-refractivity contribution in [1.82, 2.24) is 10.2 Å². The second-order valence-corrected chi connectivity index (χ2v) is 6.69. The van der Waals surface area contributed by atoms with Gasteiger partial charge in [0.25, 0.3) is 0 Å². The average Bonchev–Trinajstić information content (AvgIpc) is 2.72. The molecule has 0 radical (unpaired) electrons. The summed E-state index contributed by atoms with van der Waals surface area (Å²) in [6.45, 7) is 10.9. The Bertz CT molecular complexity index is 185. The van der Waals surface area contributed by atoms with Crippen LogP contribution in [0.15, 0.2) is 0 Å². The molecule has 0 aromatic rings. The molecule has 17 heavy (non-hydrogen) atoms. The Hall–Kier alpha value is 0.270. The van der Waals surface area contributed by atoms with Crippen LogP contribution in [0.5, 0.6) is 0 Å². The standard InChI is InChI=1S/C14H30N2S/c1-13(2)10-15-11-14-6-8-16(12-14)7-4-5-9-17-3/h13-15H,4-12H2,1-3H3. The Labute approximate surface area is 112 Å². The molecule has 3 heteroatoms. The molecule has 0 bridgehead atoms. The Morgan fingerprint density at radius 3 is 2.88 bits per heavy atom. The zero-order chi connectivity index (χ0) is 12.5. The third-order valence-corrected chi connectivity index (χ3v) is 4.13. The molecular formula is C14H30N2S. The Balaban J connectivity index is 1.98. The van der Waals surface area contributed by atoms with Crippen molar-refractivity contribution in [1.29, 1.82) is 0 Å². The maximum atomic E-state index is 3.59. The first kappa shape index (κ1) is 15.3. The average molecular weight is 258 g/mol. The van der Waals surface area contributed by atoms with Crippen molar-refractivity contribution in [3.8, 4) is 0 Å². The minimum absolute atomic E-state index is 0.777. The molecule has 1 fully saturated rings. The second-order valence-electron chi connectivity index (χ2n) is 5.71. The van der Waals surface area contributed by atoms with Gasteiger partial charge in [-0.2, -0.15) is 11.8 Å². The van der Waals surface area contributed by atoms with Crippen LogP contribution < -0.4 is 5.32 Å². The number of hydrogen-bond donors (Lipinski definition) is 1. The lowest BCUT2D eigenvalue weighted by atomic mass is 10.1. The predicted molar refractivity (Wildman–Crippen MR) is 79.9 cm³/mol. The molecule has 1 unspecified atom stereocenters. The Kier molecular flexibility index (Phi) is 8.33. The number of rotatable bonds is 9. The zero-order valence-electron chi connectivity index (χ0n) is 11.9. The second kappa shape index (κ2) is 9.23. The lowest BCUT2D eigenvalue weighted by molar-refractivity contribution is 0.315. The monoisotopic (exact) mass is 258 g/mol. The fraction of sp³-hybridized carbons (Fsp3) is 1.00. The van der Waals surface area contributed by atoms with Gasteiger partial charge in [-0.1, -0.05) is 13.8 Å². The van der Waals surface area contributed by atoms with Crippen molar-refractivity contribution in [2.24, 2.45) is 11.8 Å². The molecule has 1 N–H and O–H groups in total. The molecule has 0 aromatic heterocycles. The van der Waals surface area contributed by atoms with E-state index in [-0.39, 0.29) is 0 Å². The molecule has 0 saturated carbocycles. The fourth-order valence-corrected chi connectivity index (χ4v) is 2.93. The first-order chi connectivity index (χ1) is 8.22. The van der Waals surface area contributed by atoms with Crippen LogP contribution in [0.4, 0.5) is 0 Å². The number of nitrogens with one attached hydrogen (secondary N) is 1. The molecule has 102 valence electrons. The lowest BCUT2D eigenvalue weighted by Gasteiger charge is -2.16. The van der Waals surface area contributed by atoms with E-state index in [0.29, 0.717) is 0 Å². The smallest absolute Gasteiger partial charge is 0.00223 e. The highest BCUT2D eigenvalue weighted by Crippen LogP contribution is 2.16. The van der Waals surface area contributed by atoms with Gasteiger partial charge in [0.15, 0.2) is 0 Å². The van der Waals surface area contributed by atoms with Gasteiger partial charge in [0, 0.05) is 6.54 Å². The van der Waals surface area contributed by atoms with Crippen LogP contribution in [0.1, 0.15) is 33.1 Å². The van der Waals surface area contributed by atoms with Crippen molar-refractivity contribution in [2.45, 2.75) is 33.1 Å². The normalized spacial score (nSPS) is 21.5.